The first kappa shape index (κ1) is 19.8. The number of nitrogens with zero attached hydrogens (tertiary/aromatic N) is 2. The molecule has 0 aliphatic heterocycles. The molecule has 0 fully saturated rings. The van der Waals surface area contributed by atoms with Crippen LogP contribution >= 0.6 is 0 Å². The van der Waals surface area contributed by atoms with Crippen LogP contribution in [0, 0.1) is 0 Å². The van der Waals surface area contributed by atoms with E-state index in [4.69, 9.17) is 5.10 Å². The van der Waals surface area contributed by atoms with Crippen molar-refractivity contribution >= 4 is 23.6 Å². The lowest BCUT2D eigenvalue weighted by molar-refractivity contribution is -0.255. The Labute approximate surface area is 179 Å². The molecule has 0 unspecified atom stereocenters. The third-order valence-corrected chi connectivity index (χ3v) is 4.61. The minimum absolute atomic E-state index is 0.0503. The summed E-state index contributed by atoms with van der Waals surface area (Å²) in [4.78, 5) is 23.2. The molecule has 6 nitrogen and oxygen atoms in total. The van der Waals surface area contributed by atoms with E-state index in [1.54, 1.807) is 10.8 Å². The molecule has 1 heterocycles. The first-order valence-corrected chi connectivity index (χ1v) is 9.61. The molecule has 3 aromatic carbocycles. The first-order chi connectivity index (χ1) is 15.1. The lowest BCUT2D eigenvalue weighted by Crippen LogP contribution is -2.22. The Hall–Kier alpha value is -4.45. The number of carbonyl (C=O) groups is 2. The Balaban J connectivity index is 1.59. The molecule has 0 radical (unpaired) electrons. The summed E-state index contributed by atoms with van der Waals surface area (Å²) in [5.74, 6) is -1.60. The van der Waals surface area contributed by atoms with Crippen molar-refractivity contribution in [3.63, 3.8) is 0 Å². The summed E-state index contributed by atoms with van der Waals surface area (Å²) in [5.41, 5.74) is 3.94. The minimum Gasteiger partial charge on any atom is -0.545 e. The third kappa shape index (κ3) is 4.76. The molecule has 4 aromatic rings. The van der Waals surface area contributed by atoms with Gasteiger partial charge in [-0.15, -0.1) is 0 Å². The predicted molar refractivity (Wildman–Crippen MR) is 117 cm³/mol. The van der Waals surface area contributed by atoms with Gasteiger partial charge < -0.3 is 15.2 Å². The second-order valence-electron chi connectivity index (χ2n) is 6.77. The van der Waals surface area contributed by atoms with Crippen molar-refractivity contribution in [1.29, 1.82) is 0 Å². The number of aromatic nitrogens is 2. The fourth-order valence-corrected chi connectivity index (χ4v) is 3.08. The Morgan fingerprint density at radius 3 is 2.16 bits per heavy atom. The Morgan fingerprint density at radius 1 is 0.871 bits per heavy atom. The monoisotopic (exact) mass is 408 g/mol. The van der Waals surface area contributed by atoms with Crippen LogP contribution in [0.5, 0.6) is 0 Å². The van der Waals surface area contributed by atoms with Crippen molar-refractivity contribution in [1.82, 2.24) is 9.78 Å². The van der Waals surface area contributed by atoms with Crippen LogP contribution in [0.2, 0.25) is 0 Å². The number of carbonyl (C=O) groups excluding carboxylic acids is 2. The molecule has 0 saturated heterocycles. The number of aromatic carboxylic acids is 1. The number of hydrogen-bond donors (Lipinski definition) is 1. The van der Waals surface area contributed by atoms with Gasteiger partial charge in [0.1, 0.15) is 0 Å². The van der Waals surface area contributed by atoms with E-state index < -0.39 is 5.97 Å². The molecule has 6 heteroatoms. The molecular weight excluding hydrogens is 390 g/mol. The van der Waals surface area contributed by atoms with Crippen molar-refractivity contribution in [2.75, 3.05) is 5.32 Å². The number of amides is 1. The summed E-state index contributed by atoms with van der Waals surface area (Å²) in [6.07, 6.45) is 5.00. The summed E-state index contributed by atoms with van der Waals surface area (Å²) in [6, 6.07) is 25.3. The van der Waals surface area contributed by atoms with E-state index in [9.17, 15) is 14.7 Å². The van der Waals surface area contributed by atoms with Gasteiger partial charge >= 0.3 is 0 Å². The van der Waals surface area contributed by atoms with Gasteiger partial charge in [-0.3, -0.25) is 4.79 Å². The molecule has 1 aromatic heterocycles. The third-order valence-electron chi connectivity index (χ3n) is 4.61. The van der Waals surface area contributed by atoms with Crippen LogP contribution < -0.4 is 10.4 Å². The van der Waals surface area contributed by atoms with Gasteiger partial charge in [-0.05, 0) is 35.9 Å². The average molecular weight is 408 g/mol. The smallest absolute Gasteiger partial charge is 0.248 e. The predicted octanol–water partition coefficient (Wildman–Crippen LogP) is 3.55. The minimum atomic E-state index is -1.26. The average Bonchev–Trinajstić information content (AvgIpc) is 3.24. The summed E-state index contributed by atoms with van der Waals surface area (Å²) >= 11 is 0. The zero-order chi connectivity index (χ0) is 21.6. The highest BCUT2D eigenvalue weighted by molar-refractivity contribution is 6.02. The van der Waals surface area contributed by atoms with Gasteiger partial charge in [0, 0.05) is 29.1 Å². The number of carboxylic acid groups (broad SMARTS) is 1. The highest BCUT2D eigenvalue weighted by Crippen LogP contribution is 2.24. The molecular formula is C25H18N3O3-. The summed E-state index contributed by atoms with van der Waals surface area (Å²) in [5, 5.41) is 18.3. The number of para-hydroxylation sites is 1. The first-order valence-electron chi connectivity index (χ1n) is 9.61. The molecule has 0 bridgehead atoms. The van der Waals surface area contributed by atoms with E-state index in [1.807, 2.05) is 66.9 Å². The molecule has 0 aliphatic carbocycles. The zero-order valence-electron chi connectivity index (χ0n) is 16.4. The van der Waals surface area contributed by atoms with Gasteiger partial charge in [-0.1, -0.05) is 60.7 Å². The zero-order valence-corrected chi connectivity index (χ0v) is 16.4. The molecule has 4 rings (SSSR count). The highest BCUT2D eigenvalue weighted by Gasteiger charge is 2.10. The Kier molecular flexibility index (Phi) is 5.71. The van der Waals surface area contributed by atoms with Crippen molar-refractivity contribution in [2.24, 2.45) is 0 Å². The summed E-state index contributed by atoms with van der Waals surface area (Å²) in [6.45, 7) is 0. The summed E-state index contributed by atoms with van der Waals surface area (Å²) in [7, 11) is 0. The number of anilines is 1. The molecule has 1 amide bonds. The van der Waals surface area contributed by atoms with Crippen LogP contribution in [0.3, 0.4) is 0 Å². The van der Waals surface area contributed by atoms with Gasteiger partial charge in [0.2, 0.25) is 5.91 Å². The molecule has 0 saturated carbocycles. The largest absolute Gasteiger partial charge is 0.545 e. The Morgan fingerprint density at radius 2 is 1.52 bits per heavy atom. The van der Waals surface area contributed by atoms with E-state index in [0.717, 1.165) is 22.5 Å². The van der Waals surface area contributed by atoms with Crippen LogP contribution in [0.25, 0.3) is 23.0 Å². The number of hydrogen-bond acceptors (Lipinski definition) is 4. The van der Waals surface area contributed by atoms with Gasteiger partial charge in [-0.2, -0.15) is 5.10 Å². The lowest BCUT2D eigenvalue weighted by atomic mass is 10.1. The van der Waals surface area contributed by atoms with Crippen molar-refractivity contribution in [3.8, 4) is 16.9 Å². The maximum atomic E-state index is 12.4. The molecule has 0 aliphatic rings. The van der Waals surface area contributed by atoms with Crippen LogP contribution in [-0.2, 0) is 4.79 Å². The second kappa shape index (κ2) is 8.92. The topological polar surface area (TPSA) is 87.0 Å². The number of rotatable bonds is 6. The van der Waals surface area contributed by atoms with Gasteiger partial charge in [-0.25, -0.2) is 4.68 Å². The molecule has 0 atom stereocenters. The summed E-state index contributed by atoms with van der Waals surface area (Å²) < 4.78 is 1.78. The van der Waals surface area contributed by atoms with Crippen LogP contribution in [0.1, 0.15) is 15.9 Å². The fourth-order valence-electron chi connectivity index (χ4n) is 3.08. The van der Waals surface area contributed by atoms with Crippen molar-refractivity contribution in [3.05, 3.63) is 108 Å². The van der Waals surface area contributed by atoms with Crippen molar-refractivity contribution < 1.29 is 14.7 Å². The fraction of sp³-hybridized carbons (Fsp3) is 0. The van der Waals surface area contributed by atoms with Crippen LogP contribution in [0.15, 0.2) is 97.2 Å². The van der Waals surface area contributed by atoms with E-state index in [2.05, 4.69) is 5.32 Å². The van der Waals surface area contributed by atoms with E-state index >= 15 is 0 Å². The molecule has 152 valence electrons. The van der Waals surface area contributed by atoms with E-state index in [0.29, 0.717) is 5.69 Å². The number of carboxylic acids is 1. The van der Waals surface area contributed by atoms with Gasteiger partial charge in [0.25, 0.3) is 0 Å². The maximum Gasteiger partial charge on any atom is 0.248 e. The van der Waals surface area contributed by atoms with Gasteiger partial charge in [0.15, 0.2) is 0 Å². The van der Waals surface area contributed by atoms with Gasteiger partial charge in [0.05, 0.1) is 17.4 Å². The normalized spacial score (nSPS) is 10.8. The molecule has 0 spiro atoms. The van der Waals surface area contributed by atoms with Crippen LogP contribution in [-0.4, -0.2) is 21.7 Å². The molecule has 1 N–H and O–H groups in total. The molecule has 31 heavy (non-hydrogen) atoms. The maximum absolute atomic E-state index is 12.4. The van der Waals surface area contributed by atoms with E-state index in [-0.39, 0.29) is 11.5 Å². The highest BCUT2D eigenvalue weighted by atomic mass is 16.4. The van der Waals surface area contributed by atoms with Crippen LogP contribution in [0.4, 0.5) is 5.69 Å². The van der Waals surface area contributed by atoms with E-state index in [1.165, 1.54) is 30.3 Å². The number of nitrogens with one attached hydrogen (secondary N) is 1. The number of benzene rings is 3. The standard InChI is InChI=1S/C25H19N3O3/c29-23(26-21-14-11-19(12-15-21)25(30)31)16-13-20-17-28(22-9-5-2-6-10-22)27-24(20)18-7-3-1-4-8-18/h1-17H,(H,26,29)(H,30,31)/p-1/b16-13+. The lowest BCUT2D eigenvalue weighted by Gasteiger charge is -2.05. The quantitative estimate of drug-likeness (QED) is 0.494. The second-order valence-corrected chi connectivity index (χ2v) is 6.77. The SMILES string of the molecule is O=C(/C=C/c1cn(-c2ccccc2)nc1-c1ccccc1)Nc1ccc(C(=O)[O-])cc1. The Bertz CT molecular complexity index is 1230. The van der Waals surface area contributed by atoms with Crippen molar-refractivity contribution in [2.45, 2.75) is 0 Å².